The van der Waals surface area contributed by atoms with E-state index in [1.807, 2.05) is 19.1 Å². The molecule has 0 aromatic heterocycles. The minimum atomic E-state index is -1.57. The molecule has 0 amide bonds. The Morgan fingerprint density at radius 2 is 2.20 bits per heavy atom. The average Bonchev–Trinajstić information content (AvgIpc) is 2.12. The van der Waals surface area contributed by atoms with Gasteiger partial charge in [0.1, 0.15) is 12.3 Å². The Kier molecular flexibility index (Phi) is 5.74. The maximum absolute atomic E-state index is 11.2. The predicted octanol–water partition coefficient (Wildman–Crippen LogP) is 2.66. The topological polar surface area (TPSA) is 75.1 Å². The molecule has 84 valence electrons. The van der Waals surface area contributed by atoms with Gasteiger partial charge in [0.25, 0.3) is 0 Å². The highest BCUT2D eigenvalue weighted by molar-refractivity contribution is 6.77. The molecule has 15 heavy (non-hydrogen) atoms. The van der Waals surface area contributed by atoms with Gasteiger partial charge in [0, 0.05) is 4.91 Å². The van der Waals surface area contributed by atoms with Crippen molar-refractivity contribution in [2.45, 2.75) is 32.3 Å². The summed E-state index contributed by atoms with van der Waals surface area (Å²) in [5.74, 6) is -0.474. The van der Waals surface area contributed by atoms with Crippen LogP contribution in [0.3, 0.4) is 0 Å². The van der Waals surface area contributed by atoms with Crippen LogP contribution >= 0.6 is 0 Å². The second kappa shape index (κ2) is 6.26. The molecule has 0 radical (unpaired) electrons. The number of ether oxygens (including phenoxy) is 1. The molecule has 0 aromatic rings. The zero-order chi connectivity index (χ0) is 11.9. The number of hydrogen-bond donors (Lipinski definition) is 0. The molecule has 0 bridgehead atoms. The van der Waals surface area contributed by atoms with Crippen molar-refractivity contribution in [3.05, 3.63) is 22.6 Å². The third-order valence-corrected chi connectivity index (χ3v) is 3.76. The summed E-state index contributed by atoms with van der Waals surface area (Å²) in [5.41, 5.74) is 7.89. The van der Waals surface area contributed by atoms with Gasteiger partial charge < -0.3 is 4.74 Å². The van der Waals surface area contributed by atoms with Gasteiger partial charge in [0.05, 0.1) is 8.07 Å². The Morgan fingerprint density at radius 1 is 1.60 bits per heavy atom. The van der Waals surface area contributed by atoms with Crippen molar-refractivity contribution in [2.75, 3.05) is 6.54 Å². The number of carbonyl (C=O) groups is 1. The van der Waals surface area contributed by atoms with Gasteiger partial charge in [0.15, 0.2) is 0 Å². The van der Waals surface area contributed by atoms with Crippen LogP contribution in [0, 0.1) is 0 Å². The zero-order valence-corrected chi connectivity index (χ0v) is 10.6. The van der Waals surface area contributed by atoms with Crippen molar-refractivity contribution in [1.82, 2.24) is 0 Å². The van der Waals surface area contributed by atoms with Crippen molar-refractivity contribution in [2.24, 2.45) is 5.11 Å². The fourth-order valence-electron chi connectivity index (χ4n) is 0.948. The second-order valence-electron chi connectivity index (χ2n) is 4.19. The molecule has 0 heterocycles. The Hall–Kier alpha value is -1.26. The maximum atomic E-state index is 11.2. The van der Waals surface area contributed by atoms with Gasteiger partial charge in [-0.25, -0.2) is 0 Å². The highest BCUT2D eigenvalue weighted by Gasteiger charge is 2.27. The van der Waals surface area contributed by atoms with E-state index in [0.29, 0.717) is 0 Å². The quantitative estimate of drug-likeness (QED) is 0.181. The molecule has 0 saturated heterocycles. The number of esters is 1. The average molecular weight is 227 g/mol. The highest BCUT2D eigenvalue weighted by Crippen LogP contribution is 2.13. The molecular weight excluding hydrogens is 210 g/mol. The van der Waals surface area contributed by atoms with Crippen molar-refractivity contribution in [3.63, 3.8) is 0 Å². The first-order valence-electron chi connectivity index (χ1n) is 4.75. The van der Waals surface area contributed by atoms with Crippen molar-refractivity contribution in [3.8, 4) is 0 Å². The van der Waals surface area contributed by atoms with E-state index in [9.17, 15) is 4.79 Å². The van der Waals surface area contributed by atoms with Gasteiger partial charge in [0.2, 0.25) is 0 Å². The number of hydrogen-bond acceptors (Lipinski definition) is 3. The van der Waals surface area contributed by atoms with Gasteiger partial charge in [-0.3, -0.25) is 4.79 Å². The fourth-order valence-corrected chi connectivity index (χ4v) is 2.20. The Balaban J connectivity index is 4.42. The summed E-state index contributed by atoms with van der Waals surface area (Å²) in [7, 11) is -1.57. The maximum Gasteiger partial charge on any atom is 0.311 e. The molecule has 0 saturated carbocycles. The Bertz CT molecular complexity index is 290. The Morgan fingerprint density at radius 3 is 2.60 bits per heavy atom. The van der Waals surface area contributed by atoms with E-state index in [0.717, 1.165) is 0 Å². The minimum Gasteiger partial charge on any atom is -0.462 e. The Labute approximate surface area is 90.8 Å². The predicted molar refractivity (Wildman–Crippen MR) is 62.1 cm³/mol. The summed E-state index contributed by atoms with van der Waals surface area (Å²) in [6.45, 7) is 7.97. The summed E-state index contributed by atoms with van der Waals surface area (Å²) in [6, 6.07) is 0. The van der Waals surface area contributed by atoms with Crippen molar-refractivity contribution < 1.29 is 9.53 Å². The van der Waals surface area contributed by atoms with Gasteiger partial charge >= 0.3 is 5.97 Å². The lowest BCUT2D eigenvalue weighted by Gasteiger charge is -2.25. The third kappa shape index (κ3) is 5.93. The summed E-state index contributed by atoms with van der Waals surface area (Å²) in [6.07, 6.45) is 3.74. The molecule has 0 fully saturated rings. The van der Waals surface area contributed by atoms with Crippen LogP contribution in [-0.4, -0.2) is 26.3 Å². The SMILES string of the molecule is C/C=C/[C@@H](OC(=O)CN=[N+]=[N-])[Si](C)(C)C. The van der Waals surface area contributed by atoms with Crippen LogP contribution in [-0.2, 0) is 9.53 Å². The van der Waals surface area contributed by atoms with E-state index in [2.05, 4.69) is 29.7 Å². The molecule has 0 rings (SSSR count). The van der Waals surface area contributed by atoms with E-state index in [-0.39, 0.29) is 12.3 Å². The van der Waals surface area contributed by atoms with Gasteiger partial charge in [-0.2, -0.15) is 0 Å². The standard InChI is InChI=1S/C9H17N3O2Si/c1-5-6-9(15(2,3)4)14-8(13)7-11-12-10/h5-6,9H,7H2,1-4H3/b6-5+/t9-/m0/s1. The second-order valence-corrected chi connectivity index (χ2v) is 9.49. The first kappa shape index (κ1) is 13.7. The molecule has 0 spiro atoms. The largest absolute Gasteiger partial charge is 0.462 e. The molecule has 0 aliphatic carbocycles. The summed E-state index contributed by atoms with van der Waals surface area (Å²) < 4.78 is 5.23. The zero-order valence-electron chi connectivity index (χ0n) is 9.60. The van der Waals surface area contributed by atoms with Crippen molar-refractivity contribution >= 4 is 14.0 Å². The van der Waals surface area contributed by atoms with Crippen LogP contribution in [0.2, 0.25) is 19.6 Å². The van der Waals surface area contributed by atoms with Gasteiger partial charge in [-0.15, -0.1) is 0 Å². The van der Waals surface area contributed by atoms with Gasteiger partial charge in [-0.05, 0) is 12.5 Å². The number of azide groups is 1. The van der Waals surface area contributed by atoms with E-state index >= 15 is 0 Å². The van der Waals surface area contributed by atoms with Crippen LogP contribution in [0.5, 0.6) is 0 Å². The van der Waals surface area contributed by atoms with Crippen molar-refractivity contribution in [1.29, 1.82) is 0 Å². The summed E-state index contributed by atoms with van der Waals surface area (Å²) >= 11 is 0. The highest BCUT2D eigenvalue weighted by atomic mass is 28.3. The van der Waals surface area contributed by atoms with Crippen LogP contribution in [0.15, 0.2) is 17.3 Å². The van der Waals surface area contributed by atoms with E-state index in [4.69, 9.17) is 10.3 Å². The molecule has 1 atom stereocenters. The van der Waals surface area contributed by atoms with E-state index in [1.165, 1.54) is 0 Å². The lowest BCUT2D eigenvalue weighted by molar-refractivity contribution is -0.142. The van der Waals surface area contributed by atoms with Gasteiger partial charge in [-0.1, -0.05) is 36.9 Å². The first-order chi connectivity index (χ1) is 6.91. The lowest BCUT2D eigenvalue weighted by Crippen LogP contribution is -2.40. The normalized spacial score (nSPS) is 13.3. The molecular formula is C9H17N3O2Si. The molecule has 0 aliphatic rings. The summed E-state index contributed by atoms with van der Waals surface area (Å²) in [4.78, 5) is 13.7. The minimum absolute atomic E-state index is 0.163. The lowest BCUT2D eigenvalue weighted by atomic mass is 10.5. The third-order valence-electron chi connectivity index (χ3n) is 1.74. The molecule has 6 heteroatoms. The first-order valence-corrected chi connectivity index (χ1v) is 8.32. The van der Waals surface area contributed by atoms with E-state index < -0.39 is 14.0 Å². The number of rotatable bonds is 5. The van der Waals surface area contributed by atoms with Crippen LogP contribution in [0.4, 0.5) is 0 Å². The van der Waals surface area contributed by atoms with Crippen LogP contribution in [0.1, 0.15) is 6.92 Å². The summed E-state index contributed by atoms with van der Waals surface area (Å²) in [5, 5.41) is 3.16. The number of allylic oxidation sites excluding steroid dienone is 1. The number of nitrogens with zero attached hydrogens (tertiary/aromatic N) is 3. The molecule has 0 aromatic carbocycles. The number of carbonyl (C=O) groups excluding carboxylic acids is 1. The van der Waals surface area contributed by atoms with Crippen LogP contribution in [0.25, 0.3) is 10.4 Å². The molecule has 0 N–H and O–H groups in total. The smallest absolute Gasteiger partial charge is 0.311 e. The van der Waals surface area contributed by atoms with Crippen LogP contribution < -0.4 is 0 Å². The van der Waals surface area contributed by atoms with E-state index in [1.54, 1.807) is 0 Å². The molecule has 0 unspecified atom stereocenters. The fraction of sp³-hybridized carbons (Fsp3) is 0.667. The molecule has 5 nitrogen and oxygen atoms in total. The monoisotopic (exact) mass is 227 g/mol. The molecule has 0 aliphatic heterocycles.